The van der Waals surface area contributed by atoms with E-state index in [1.165, 1.54) is 18.2 Å². The fraction of sp³-hybridized carbons (Fsp3) is 0.350. The number of ether oxygens (including phenoxy) is 2. The molecule has 27 heavy (non-hydrogen) atoms. The molecular formula is C20H21NO6. The zero-order valence-corrected chi connectivity index (χ0v) is 15.2. The van der Waals surface area contributed by atoms with E-state index in [4.69, 9.17) is 13.9 Å². The summed E-state index contributed by atoms with van der Waals surface area (Å²) in [7, 11) is 0. The summed E-state index contributed by atoms with van der Waals surface area (Å²) in [6.07, 6.45) is 3.21. The van der Waals surface area contributed by atoms with Crippen LogP contribution >= 0.6 is 0 Å². The molecule has 1 atom stereocenters. The molecule has 7 heteroatoms. The smallest absolute Gasteiger partial charge is 0.349 e. The van der Waals surface area contributed by atoms with Gasteiger partial charge in [0.25, 0.3) is 5.91 Å². The predicted molar refractivity (Wildman–Crippen MR) is 98.9 cm³/mol. The van der Waals surface area contributed by atoms with Crippen LogP contribution in [0.5, 0.6) is 5.75 Å². The third-order valence-corrected chi connectivity index (χ3v) is 4.09. The maximum Gasteiger partial charge on any atom is 0.349 e. The van der Waals surface area contributed by atoms with Gasteiger partial charge in [-0.3, -0.25) is 4.79 Å². The summed E-state index contributed by atoms with van der Waals surface area (Å²) in [6.45, 7) is 4.62. The Hall–Kier alpha value is -2.93. The van der Waals surface area contributed by atoms with E-state index >= 15 is 0 Å². The monoisotopic (exact) mass is 371 g/mol. The fourth-order valence-corrected chi connectivity index (χ4v) is 2.80. The van der Waals surface area contributed by atoms with Crippen molar-refractivity contribution in [3.8, 4) is 5.75 Å². The van der Waals surface area contributed by atoms with Crippen LogP contribution in [0.15, 0.2) is 45.1 Å². The molecule has 0 bridgehead atoms. The number of carbonyl (C=O) groups is 2. The Bertz CT molecular complexity index is 949. The highest BCUT2D eigenvalue weighted by Gasteiger charge is 2.19. The number of hydrogen-bond acceptors (Lipinski definition) is 6. The van der Waals surface area contributed by atoms with E-state index in [-0.39, 0.29) is 23.0 Å². The third-order valence-electron chi connectivity index (χ3n) is 4.09. The lowest BCUT2D eigenvalue weighted by atomic mass is 10.1. The minimum absolute atomic E-state index is 0.0144. The Kier molecular flexibility index (Phi) is 5.71. The molecule has 0 aliphatic carbocycles. The Morgan fingerprint density at radius 1 is 1.30 bits per heavy atom. The maximum atomic E-state index is 12.3. The first-order valence-corrected chi connectivity index (χ1v) is 8.77. The summed E-state index contributed by atoms with van der Waals surface area (Å²) < 4.78 is 15.9. The molecule has 1 fully saturated rings. The molecule has 1 aliphatic heterocycles. The van der Waals surface area contributed by atoms with Crippen molar-refractivity contribution in [3.05, 3.63) is 51.9 Å². The summed E-state index contributed by atoms with van der Waals surface area (Å²) in [6, 6.07) is 6.11. The first-order chi connectivity index (χ1) is 12.9. The molecule has 1 saturated heterocycles. The van der Waals surface area contributed by atoms with Gasteiger partial charge in [0.15, 0.2) is 0 Å². The molecule has 1 unspecified atom stereocenters. The van der Waals surface area contributed by atoms with Gasteiger partial charge >= 0.3 is 11.6 Å². The Labute approximate surface area is 155 Å². The predicted octanol–water partition coefficient (Wildman–Crippen LogP) is 2.57. The molecule has 1 aliphatic rings. The molecule has 3 rings (SSSR count). The number of allylic oxidation sites excluding steroid dienone is 1. The van der Waals surface area contributed by atoms with Crippen molar-refractivity contribution in [1.29, 1.82) is 0 Å². The molecule has 0 radical (unpaired) electrons. The highest BCUT2D eigenvalue weighted by molar-refractivity contribution is 5.96. The van der Waals surface area contributed by atoms with E-state index in [0.717, 1.165) is 18.4 Å². The number of hydrogen-bond donors (Lipinski definition) is 1. The molecule has 1 N–H and O–H groups in total. The van der Waals surface area contributed by atoms with Crippen LogP contribution in [-0.2, 0) is 9.53 Å². The number of nitrogens with one attached hydrogen (secondary N) is 1. The van der Waals surface area contributed by atoms with Crippen LogP contribution in [0.4, 0.5) is 0 Å². The van der Waals surface area contributed by atoms with Crippen molar-refractivity contribution in [1.82, 2.24) is 5.32 Å². The SMILES string of the molecule is CC(C)=CC(=O)Oc1ccc2cc(C(=O)NCC3CCCO3)c(=O)oc2c1. The van der Waals surface area contributed by atoms with Gasteiger partial charge in [-0.05, 0) is 44.9 Å². The lowest BCUT2D eigenvalue weighted by Gasteiger charge is -2.10. The van der Waals surface area contributed by atoms with Gasteiger partial charge in [0.2, 0.25) is 0 Å². The number of rotatable bonds is 5. The van der Waals surface area contributed by atoms with Gasteiger partial charge in [-0.15, -0.1) is 0 Å². The Morgan fingerprint density at radius 2 is 2.11 bits per heavy atom. The second-order valence-corrected chi connectivity index (χ2v) is 6.64. The maximum absolute atomic E-state index is 12.3. The van der Waals surface area contributed by atoms with Crippen molar-refractivity contribution >= 4 is 22.8 Å². The summed E-state index contributed by atoms with van der Waals surface area (Å²) in [5.41, 5.74) is 0.221. The van der Waals surface area contributed by atoms with Crippen LogP contribution in [0.1, 0.15) is 37.0 Å². The van der Waals surface area contributed by atoms with Gasteiger partial charge in [0, 0.05) is 30.7 Å². The minimum Gasteiger partial charge on any atom is -0.423 e. The minimum atomic E-state index is -0.750. The first-order valence-electron chi connectivity index (χ1n) is 8.77. The molecular weight excluding hydrogens is 350 g/mol. The average Bonchev–Trinajstić information content (AvgIpc) is 3.11. The molecule has 1 aromatic heterocycles. The summed E-state index contributed by atoms with van der Waals surface area (Å²) >= 11 is 0. The van der Waals surface area contributed by atoms with E-state index in [9.17, 15) is 14.4 Å². The lowest BCUT2D eigenvalue weighted by Crippen LogP contribution is -2.34. The Morgan fingerprint density at radius 3 is 2.81 bits per heavy atom. The van der Waals surface area contributed by atoms with Crippen LogP contribution in [0.3, 0.4) is 0 Å². The highest BCUT2D eigenvalue weighted by Crippen LogP contribution is 2.21. The molecule has 7 nitrogen and oxygen atoms in total. The first kappa shape index (κ1) is 18.8. The molecule has 0 saturated carbocycles. The number of esters is 1. The molecule has 1 aromatic carbocycles. The second-order valence-electron chi connectivity index (χ2n) is 6.64. The lowest BCUT2D eigenvalue weighted by molar-refractivity contribution is -0.129. The van der Waals surface area contributed by atoms with Gasteiger partial charge in [-0.25, -0.2) is 9.59 Å². The van der Waals surface area contributed by atoms with E-state index in [1.807, 2.05) is 0 Å². The van der Waals surface area contributed by atoms with Crippen molar-refractivity contribution in [3.63, 3.8) is 0 Å². The zero-order valence-electron chi connectivity index (χ0n) is 15.2. The van der Waals surface area contributed by atoms with Crippen LogP contribution in [0.2, 0.25) is 0 Å². The van der Waals surface area contributed by atoms with E-state index in [2.05, 4.69) is 5.32 Å². The summed E-state index contributed by atoms with van der Waals surface area (Å²) in [4.78, 5) is 36.1. The van der Waals surface area contributed by atoms with Crippen molar-refractivity contribution in [2.45, 2.75) is 32.8 Å². The molecule has 1 amide bonds. The summed E-state index contributed by atoms with van der Waals surface area (Å²) in [5.74, 6) is -0.759. The Balaban J connectivity index is 1.77. The second kappa shape index (κ2) is 8.18. The number of carbonyl (C=O) groups excluding carboxylic acids is 2. The van der Waals surface area contributed by atoms with E-state index < -0.39 is 17.5 Å². The molecule has 142 valence electrons. The van der Waals surface area contributed by atoms with Gasteiger partial charge in [-0.2, -0.15) is 0 Å². The van der Waals surface area contributed by atoms with Gasteiger partial charge < -0.3 is 19.2 Å². The van der Waals surface area contributed by atoms with Crippen LogP contribution in [0.25, 0.3) is 11.0 Å². The normalized spacial score (nSPS) is 16.1. The van der Waals surface area contributed by atoms with Crippen LogP contribution in [-0.4, -0.2) is 31.1 Å². The molecule has 0 spiro atoms. The topological polar surface area (TPSA) is 94.8 Å². The standard InChI is InChI=1S/C20H21NO6/c1-12(2)8-18(22)26-14-6-5-13-9-16(20(24)27-17(13)10-14)19(23)21-11-15-4-3-7-25-15/h5-6,8-10,15H,3-4,7,11H2,1-2H3,(H,21,23). The van der Waals surface area contributed by atoms with Crippen LogP contribution < -0.4 is 15.7 Å². The molecule has 2 heterocycles. The van der Waals surface area contributed by atoms with Crippen molar-refractivity contribution < 1.29 is 23.5 Å². The zero-order chi connectivity index (χ0) is 19.4. The van der Waals surface area contributed by atoms with Gasteiger partial charge in [-0.1, -0.05) is 5.57 Å². The average molecular weight is 371 g/mol. The van der Waals surface area contributed by atoms with Crippen molar-refractivity contribution in [2.75, 3.05) is 13.2 Å². The fourth-order valence-electron chi connectivity index (χ4n) is 2.80. The van der Waals surface area contributed by atoms with E-state index in [0.29, 0.717) is 18.5 Å². The number of fused-ring (bicyclic) bond motifs is 1. The quantitative estimate of drug-likeness (QED) is 0.376. The largest absolute Gasteiger partial charge is 0.423 e. The highest BCUT2D eigenvalue weighted by atomic mass is 16.5. The number of benzene rings is 1. The van der Waals surface area contributed by atoms with Crippen LogP contribution in [0, 0.1) is 0 Å². The molecule has 2 aromatic rings. The number of amides is 1. The van der Waals surface area contributed by atoms with Gasteiger partial charge in [0.05, 0.1) is 6.10 Å². The third kappa shape index (κ3) is 4.83. The van der Waals surface area contributed by atoms with E-state index in [1.54, 1.807) is 26.0 Å². The van der Waals surface area contributed by atoms with Crippen molar-refractivity contribution in [2.24, 2.45) is 0 Å². The van der Waals surface area contributed by atoms with Gasteiger partial charge in [0.1, 0.15) is 16.9 Å². The summed E-state index contributed by atoms with van der Waals surface area (Å²) in [5, 5.41) is 3.26.